The number of hydrogen-bond acceptors (Lipinski definition) is 2. The van der Waals surface area contributed by atoms with Crippen LogP contribution in [-0.4, -0.2) is 16.2 Å². The molecule has 0 fully saturated rings. The highest BCUT2D eigenvalue weighted by Gasteiger charge is 2.01. The molecule has 0 bridgehead atoms. The lowest BCUT2D eigenvalue weighted by molar-refractivity contribution is 0.301. The van der Waals surface area contributed by atoms with Crippen LogP contribution in [0.3, 0.4) is 0 Å². The first kappa shape index (κ1) is 13.4. The first-order chi connectivity index (χ1) is 8.75. The van der Waals surface area contributed by atoms with Gasteiger partial charge < -0.3 is 9.30 Å². The van der Waals surface area contributed by atoms with E-state index in [2.05, 4.69) is 25.5 Å². The van der Waals surface area contributed by atoms with E-state index in [4.69, 9.17) is 16.3 Å². The summed E-state index contributed by atoms with van der Waals surface area (Å²) in [6, 6.07) is 5.54. The van der Waals surface area contributed by atoms with Crippen LogP contribution in [0.25, 0.3) is 0 Å². The standard InChI is InChI=1S/C13H14BrClN2O/c14-12-9-11(15)3-4-13(12)18-8-2-1-6-17-7-5-16-10-17/h3-5,7,9-10H,1-2,6,8H2. The van der Waals surface area contributed by atoms with Gasteiger partial charge in [-0.3, -0.25) is 0 Å². The van der Waals surface area contributed by atoms with Gasteiger partial charge in [0.15, 0.2) is 0 Å². The molecule has 0 N–H and O–H groups in total. The first-order valence-corrected chi connectivity index (χ1v) is 6.96. The fraction of sp³-hybridized carbons (Fsp3) is 0.308. The van der Waals surface area contributed by atoms with E-state index in [-0.39, 0.29) is 0 Å². The summed E-state index contributed by atoms with van der Waals surface area (Å²) in [5.41, 5.74) is 0. The molecular formula is C13H14BrClN2O. The van der Waals surface area contributed by atoms with Crippen molar-refractivity contribution in [2.45, 2.75) is 19.4 Å². The van der Waals surface area contributed by atoms with Crippen molar-refractivity contribution in [1.29, 1.82) is 0 Å². The molecular weight excluding hydrogens is 316 g/mol. The lowest BCUT2D eigenvalue weighted by atomic mass is 10.3. The smallest absolute Gasteiger partial charge is 0.133 e. The van der Waals surface area contributed by atoms with Crippen molar-refractivity contribution in [3.63, 3.8) is 0 Å². The average Bonchev–Trinajstić information content (AvgIpc) is 2.84. The third-order valence-corrected chi connectivity index (χ3v) is 3.38. The molecule has 0 atom stereocenters. The molecule has 0 amide bonds. The lowest BCUT2D eigenvalue weighted by Crippen LogP contribution is -2.01. The quantitative estimate of drug-likeness (QED) is 0.744. The van der Waals surface area contributed by atoms with Gasteiger partial charge >= 0.3 is 0 Å². The number of benzene rings is 1. The molecule has 0 unspecified atom stereocenters. The van der Waals surface area contributed by atoms with E-state index in [0.29, 0.717) is 11.6 Å². The minimum atomic E-state index is 0.703. The Morgan fingerprint density at radius 2 is 2.22 bits per heavy atom. The fourth-order valence-electron chi connectivity index (χ4n) is 1.59. The van der Waals surface area contributed by atoms with Crippen molar-refractivity contribution in [2.75, 3.05) is 6.61 Å². The summed E-state index contributed by atoms with van der Waals surface area (Å²) >= 11 is 9.29. The minimum absolute atomic E-state index is 0.703. The Bertz CT molecular complexity index is 488. The highest BCUT2D eigenvalue weighted by Crippen LogP contribution is 2.28. The molecule has 0 spiro atoms. The molecule has 2 aromatic rings. The van der Waals surface area contributed by atoms with Gasteiger partial charge in [-0.05, 0) is 47.0 Å². The maximum absolute atomic E-state index is 5.86. The molecule has 0 saturated heterocycles. The number of rotatable bonds is 6. The highest BCUT2D eigenvalue weighted by molar-refractivity contribution is 9.10. The lowest BCUT2D eigenvalue weighted by Gasteiger charge is -2.08. The number of nitrogens with zero attached hydrogens (tertiary/aromatic N) is 2. The van der Waals surface area contributed by atoms with E-state index in [9.17, 15) is 0 Å². The summed E-state index contributed by atoms with van der Waals surface area (Å²) in [6.07, 6.45) is 7.67. The summed E-state index contributed by atoms with van der Waals surface area (Å²) in [5, 5.41) is 0.703. The maximum Gasteiger partial charge on any atom is 0.133 e. The Balaban J connectivity index is 1.69. The minimum Gasteiger partial charge on any atom is -0.492 e. The molecule has 0 saturated carbocycles. The molecule has 2 rings (SSSR count). The summed E-state index contributed by atoms with van der Waals surface area (Å²) in [5.74, 6) is 0.835. The van der Waals surface area contributed by atoms with Gasteiger partial charge in [-0.2, -0.15) is 0 Å². The molecule has 0 aliphatic carbocycles. The Kier molecular flexibility index (Phi) is 5.08. The number of ether oxygens (including phenoxy) is 1. The van der Waals surface area contributed by atoms with Gasteiger partial charge in [0.05, 0.1) is 17.4 Å². The number of hydrogen-bond donors (Lipinski definition) is 0. The summed E-state index contributed by atoms with van der Waals surface area (Å²) in [7, 11) is 0. The molecule has 0 aliphatic rings. The topological polar surface area (TPSA) is 27.1 Å². The molecule has 1 aromatic heterocycles. The molecule has 3 nitrogen and oxygen atoms in total. The molecule has 18 heavy (non-hydrogen) atoms. The average molecular weight is 330 g/mol. The molecule has 5 heteroatoms. The zero-order chi connectivity index (χ0) is 12.8. The normalized spacial score (nSPS) is 10.6. The van der Waals surface area contributed by atoms with Crippen molar-refractivity contribution >= 4 is 27.5 Å². The molecule has 0 aliphatic heterocycles. The number of aromatic nitrogens is 2. The van der Waals surface area contributed by atoms with Crippen molar-refractivity contribution in [3.8, 4) is 5.75 Å². The molecule has 96 valence electrons. The van der Waals surface area contributed by atoms with E-state index in [1.54, 1.807) is 6.20 Å². The van der Waals surface area contributed by atoms with Gasteiger partial charge in [0.2, 0.25) is 0 Å². The van der Waals surface area contributed by atoms with Gasteiger partial charge in [0, 0.05) is 24.0 Å². The zero-order valence-electron chi connectivity index (χ0n) is 9.85. The summed E-state index contributed by atoms with van der Waals surface area (Å²) in [4.78, 5) is 4.00. The third-order valence-electron chi connectivity index (χ3n) is 2.52. The van der Waals surface area contributed by atoms with Crippen LogP contribution in [-0.2, 0) is 6.54 Å². The van der Waals surface area contributed by atoms with E-state index >= 15 is 0 Å². The molecule has 1 aromatic carbocycles. The van der Waals surface area contributed by atoms with Crippen LogP contribution >= 0.6 is 27.5 Å². The Morgan fingerprint density at radius 1 is 1.33 bits per heavy atom. The monoisotopic (exact) mass is 328 g/mol. The summed E-state index contributed by atoms with van der Waals surface area (Å²) < 4.78 is 8.64. The van der Waals surface area contributed by atoms with Crippen molar-refractivity contribution in [2.24, 2.45) is 0 Å². The Hall–Kier alpha value is -1.00. The van der Waals surface area contributed by atoms with Crippen LogP contribution in [0.1, 0.15) is 12.8 Å². The summed E-state index contributed by atoms with van der Waals surface area (Å²) in [6.45, 7) is 1.68. The van der Waals surface area contributed by atoms with E-state index in [1.807, 2.05) is 30.7 Å². The predicted octanol–water partition coefficient (Wildman–Crippen LogP) is 4.16. The van der Waals surface area contributed by atoms with Gasteiger partial charge in [-0.25, -0.2) is 4.98 Å². The zero-order valence-corrected chi connectivity index (χ0v) is 12.2. The van der Waals surface area contributed by atoms with E-state index in [1.165, 1.54) is 0 Å². The number of imidazole rings is 1. The van der Waals surface area contributed by atoms with Crippen LogP contribution < -0.4 is 4.74 Å². The third kappa shape index (κ3) is 4.03. The van der Waals surface area contributed by atoms with Gasteiger partial charge in [0.1, 0.15) is 5.75 Å². The highest BCUT2D eigenvalue weighted by atomic mass is 79.9. The SMILES string of the molecule is Clc1ccc(OCCCCn2ccnc2)c(Br)c1. The van der Waals surface area contributed by atoms with Crippen LogP contribution in [0.2, 0.25) is 5.02 Å². The largest absolute Gasteiger partial charge is 0.492 e. The van der Waals surface area contributed by atoms with E-state index in [0.717, 1.165) is 29.6 Å². The van der Waals surface area contributed by atoms with E-state index < -0.39 is 0 Å². The fourth-order valence-corrected chi connectivity index (χ4v) is 2.39. The van der Waals surface area contributed by atoms with Crippen LogP contribution in [0.5, 0.6) is 5.75 Å². The number of unbranched alkanes of at least 4 members (excludes halogenated alkanes) is 1. The van der Waals surface area contributed by atoms with Gasteiger partial charge in [-0.15, -0.1) is 0 Å². The second-order valence-corrected chi connectivity index (χ2v) is 5.22. The van der Waals surface area contributed by atoms with Gasteiger partial charge in [0.25, 0.3) is 0 Å². The Labute approximate surface area is 120 Å². The maximum atomic E-state index is 5.86. The van der Waals surface area contributed by atoms with Gasteiger partial charge in [-0.1, -0.05) is 11.6 Å². The van der Waals surface area contributed by atoms with Crippen molar-refractivity contribution in [3.05, 3.63) is 46.4 Å². The second kappa shape index (κ2) is 6.81. The second-order valence-electron chi connectivity index (χ2n) is 3.93. The molecule has 0 radical (unpaired) electrons. The first-order valence-electron chi connectivity index (χ1n) is 5.79. The van der Waals surface area contributed by atoms with Crippen molar-refractivity contribution < 1.29 is 4.74 Å². The van der Waals surface area contributed by atoms with Crippen LogP contribution in [0, 0.1) is 0 Å². The Morgan fingerprint density at radius 3 is 2.94 bits per heavy atom. The van der Waals surface area contributed by atoms with Crippen molar-refractivity contribution in [1.82, 2.24) is 9.55 Å². The number of halogens is 2. The molecule has 1 heterocycles. The number of aryl methyl sites for hydroxylation is 1. The van der Waals surface area contributed by atoms with Crippen LogP contribution in [0.15, 0.2) is 41.4 Å². The van der Waals surface area contributed by atoms with Crippen LogP contribution in [0.4, 0.5) is 0 Å². The predicted molar refractivity (Wildman–Crippen MR) is 76.1 cm³/mol.